The first-order valence-electron chi connectivity index (χ1n) is 6.97. The molecule has 2 rings (SSSR count). The van der Waals surface area contributed by atoms with Crippen LogP contribution in [0, 0.1) is 5.92 Å². The van der Waals surface area contributed by atoms with Gasteiger partial charge in [0, 0.05) is 38.1 Å². The van der Waals surface area contributed by atoms with Crippen LogP contribution < -0.4 is 10.6 Å². The number of hydrogen-bond donors (Lipinski definition) is 4. The molecule has 0 bridgehead atoms. The van der Waals surface area contributed by atoms with E-state index in [0.717, 1.165) is 26.1 Å². The summed E-state index contributed by atoms with van der Waals surface area (Å²) in [5.74, 6) is -0.602. The number of aliphatic carboxylic acids is 1. The third kappa shape index (κ3) is 5.07. The average Bonchev–Trinajstić information content (AvgIpc) is 3.10. The summed E-state index contributed by atoms with van der Waals surface area (Å²) < 4.78 is 5.25. The zero-order valence-electron chi connectivity index (χ0n) is 11.7. The van der Waals surface area contributed by atoms with E-state index in [2.05, 4.69) is 20.6 Å². The van der Waals surface area contributed by atoms with Crippen molar-refractivity contribution in [2.45, 2.75) is 25.3 Å². The van der Waals surface area contributed by atoms with Gasteiger partial charge in [-0.05, 0) is 18.8 Å². The highest BCUT2D eigenvalue weighted by atomic mass is 16.5. The summed E-state index contributed by atoms with van der Waals surface area (Å²) in [7, 11) is 0. The van der Waals surface area contributed by atoms with Crippen molar-refractivity contribution >= 4 is 12.0 Å². The van der Waals surface area contributed by atoms with E-state index in [1.165, 1.54) is 12.5 Å². The van der Waals surface area contributed by atoms with Gasteiger partial charge in [-0.15, -0.1) is 0 Å². The van der Waals surface area contributed by atoms with Crippen LogP contribution in [-0.4, -0.2) is 52.9 Å². The Morgan fingerprint density at radius 3 is 3.05 bits per heavy atom. The number of hydrogen-bond acceptors (Lipinski definition) is 4. The lowest BCUT2D eigenvalue weighted by molar-refractivity contribution is -0.139. The Bertz CT molecular complexity index is 457. The second-order valence-corrected chi connectivity index (χ2v) is 5.09. The van der Waals surface area contributed by atoms with Gasteiger partial charge in [-0.2, -0.15) is 0 Å². The second-order valence-electron chi connectivity index (χ2n) is 5.09. The number of nitrogens with zero attached hydrogens (tertiary/aromatic N) is 1. The molecule has 1 aliphatic rings. The van der Waals surface area contributed by atoms with E-state index in [0.29, 0.717) is 18.2 Å². The van der Waals surface area contributed by atoms with E-state index in [4.69, 9.17) is 9.84 Å². The fourth-order valence-electron chi connectivity index (χ4n) is 2.23. The Hall–Kier alpha value is -2.09. The van der Waals surface area contributed by atoms with Gasteiger partial charge in [0.15, 0.2) is 0 Å². The molecule has 2 atom stereocenters. The van der Waals surface area contributed by atoms with Gasteiger partial charge in [-0.1, -0.05) is 0 Å². The van der Waals surface area contributed by atoms with Crippen molar-refractivity contribution in [2.24, 2.45) is 5.92 Å². The first-order valence-corrected chi connectivity index (χ1v) is 6.97. The van der Waals surface area contributed by atoms with Gasteiger partial charge in [-0.25, -0.2) is 14.6 Å². The monoisotopic (exact) mass is 296 g/mol. The number of amides is 2. The molecule has 21 heavy (non-hydrogen) atoms. The number of H-pyrrole nitrogens is 1. The lowest BCUT2D eigenvalue weighted by atomic mass is 10.1. The quantitative estimate of drug-likeness (QED) is 0.571. The minimum absolute atomic E-state index is 0.166. The van der Waals surface area contributed by atoms with E-state index in [1.807, 2.05) is 0 Å². The highest BCUT2D eigenvalue weighted by Gasteiger charge is 2.21. The fraction of sp³-hybridized carbons (Fsp3) is 0.615. The minimum atomic E-state index is -1.08. The molecule has 2 unspecified atom stereocenters. The van der Waals surface area contributed by atoms with Crippen LogP contribution in [0.25, 0.3) is 0 Å². The molecule has 1 aromatic heterocycles. The smallest absolute Gasteiger partial charge is 0.326 e. The molecule has 4 N–H and O–H groups in total. The molecule has 8 nitrogen and oxygen atoms in total. The van der Waals surface area contributed by atoms with Crippen molar-refractivity contribution in [3.8, 4) is 0 Å². The number of rotatable bonds is 7. The van der Waals surface area contributed by atoms with Crippen molar-refractivity contribution in [3.63, 3.8) is 0 Å². The highest BCUT2D eigenvalue weighted by Crippen LogP contribution is 2.15. The maximum Gasteiger partial charge on any atom is 0.326 e. The summed E-state index contributed by atoms with van der Waals surface area (Å²) in [5, 5.41) is 14.3. The lowest BCUT2D eigenvalue weighted by Gasteiger charge is -2.15. The van der Waals surface area contributed by atoms with E-state index < -0.39 is 18.0 Å². The molecular weight excluding hydrogens is 276 g/mol. The van der Waals surface area contributed by atoms with Crippen LogP contribution in [0.2, 0.25) is 0 Å². The number of carboxylic acid groups (broad SMARTS) is 1. The molecule has 0 saturated carbocycles. The van der Waals surface area contributed by atoms with Gasteiger partial charge in [0.2, 0.25) is 0 Å². The number of carbonyl (C=O) groups excluding carboxylic acids is 1. The molecular formula is C13H20N4O4. The second kappa shape index (κ2) is 7.63. The Morgan fingerprint density at radius 1 is 1.57 bits per heavy atom. The molecule has 1 fully saturated rings. The van der Waals surface area contributed by atoms with Crippen molar-refractivity contribution in [1.29, 1.82) is 0 Å². The van der Waals surface area contributed by atoms with Gasteiger partial charge < -0.3 is 25.5 Å². The molecule has 2 heterocycles. The molecule has 0 aromatic carbocycles. The van der Waals surface area contributed by atoms with Crippen LogP contribution in [0.3, 0.4) is 0 Å². The molecule has 0 spiro atoms. The molecule has 8 heteroatoms. The summed E-state index contributed by atoms with van der Waals surface area (Å²) in [5.41, 5.74) is 0.658. The van der Waals surface area contributed by atoms with Gasteiger partial charge >= 0.3 is 12.0 Å². The summed E-state index contributed by atoms with van der Waals surface area (Å²) in [4.78, 5) is 29.5. The van der Waals surface area contributed by atoms with Gasteiger partial charge in [0.1, 0.15) is 6.04 Å². The number of aromatic nitrogens is 2. The predicted molar refractivity (Wildman–Crippen MR) is 73.8 cm³/mol. The van der Waals surface area contributed by atoms with Crippen LogP contribution in [0.1, 0.15) is 18.5 Å². The number of carbonyl (C=O) groups is 2. The Labute approximate surface area is 122 Å². The maximum absolute atomic E-state index is 11.7. The Kier molecular flexibility index (Phi) is 5.56. The standard InChI is InChI=1S/C13H20N4O4/c18-12(19)11(5-10-6-14-8-16-10)17-13(20)15-3-1-9-2-4-21-7-9/h6,8-9,11H,1-5,7H2,(H,14,16)(H,18,19)(H2,15,17,20). The number of ether oxygens (including phenoxy) is 1. The predicted octanol–water partition coefficient (Wildman–Crippen LogP) is 0.131. The average molecular weight is 296 g/mol. The number of aromatic amines is 1. The SMILES string of the molecule is O=C(NCCC1CCOC1)NC(Cc1cnc[nH]1)C(=O)O. The maximum atomic E-state index is 11.7. The van der Waals surface area contributed by atoms with Crippen LogP contribution in [0.5, 0.6) is 0 Å². The zero-order chi connectivity index (χ0) is 15.1. The van der Waals surface area contributed by atoms with Crippen molar-refractivity contribution < 1.29 is 19.4 Å². The number of carboxylic acids is 1. The van der Waals surface area contributed by atoms with Crippen molar-refractivity contribution in [1.82, 2.24) is 20.6 Å². The Balaban J connectivity index is 1.71. The molecule has 1 aromatic rings. The van der Waals surface area contributed by atoms with Gasteiger partial charge in [0.05, 0.1) is 6.33 Å². The third-order valence-electron chi connectivity index (χ3n) is 3.44. The van der Waals surface area contributed by atoms with E-state index in [1.54, 1.807) is 0 Å². The molecule has 2 amide bonds. The first kappa shape index (κ1) is 15.3. The van der Waals surface area contributed by atoms with Crippen LogP contribution in [0.15, 0.2) is 12.5 Å². The third-order valence-corrected chi connectivity index (χ3v) is 3.44. The number of imidazole rings is 1. The van der Waals surface area contributed by atoms with E-state index in [-0.39, 0.29) is 6.42 Å². The van der Waals surface area contributed by atoms with Gasteiger partial charge in [-0.3, -0.25) is 0 Å². The minimum Gasteiger partial charge on any atom is -0.480 e. The van der Waals surface area contributed by atoms with Crippen LogP contribution >= 0.6 is 0 Å². The molecule has 1 aliphatic heterocycles. The molecule has 116 valence electrons. The summed E-state index contributed by atoms with van der Waals surface area (Å²) >= 11 is 0. The summed E-state index contributed by atoms with van der Waals surface area (Å²) in [6.45, 7) is 2.03. The van der Waals surface area contributed by atoms with Gasteiger partial charge in [0.25, 0.3) is 0 Å². The van der Waals surface area contributed by atoms with Crippen molar-refractivity contribution in [3.05, 3.63) is 18.2 Å². The summed E-state index contributed by atoms with van der Waals surface area (Å²) in [6, 6.07) is -1.46. The Morgan fingerprint density at radius 2 is 2.43 bits per heavy atom. The number of nitrogens with one attached hydrogen (secondary N) is 3. The highest BCUT2D eigenvalue weighted by molar-refractivity contribution is 5.82. The van der Waals surface area contributed by atoms with Crippen molar-refractivity contribution in [2.75, 3.05) is 19.8 Å². The lowest BCUT2D eigenvalue weighted by Crippen LogP contribution is -2.47. The van der Waals surface area contributed by atoms with E-state index in [9.17, 15) is 9.59 Å². The normalized spacial score (nSPS) is 19.1. The summed E-state index contributed by atoms with van der Waals surface area (Å²) in [6.07, 6.45) is 5.03. The molecule has 1 saturated heterocycles. The number of urea groups is 1. The molecule has 0 aliphatic carbocycles. The molecule has 0 radical (unpaired) electrons. The topological polar surface area (TPSA) is 116 Å². The van der Waals surface area contributed by atoms with Crippen LogP contribution in [0.4, 0.5) is 4.79 Å². The fourth-order valence-corrected chi connectivity index (χ4v) is 2.23. The first-order chi connectivity index (χ1) is 10.1. The van der Waals surface area contributed by atoms with E-state index >= 15 is 0 Å². The largest absolute Gasteiger partial charge is 0.480 e. The van der Waals surface area contributed by atoms with Crippen LogP contribution in [-0.2, 0) is 16.0 Å². The zero-order valence-corrected chi connectivity index (χ0v) is 11.7.